The van der Waals surface area contributed by atoms with Crippen LogP contribution in [0.4, 0.5) is 0 Å². The molecule has 2 bridgehead atoms. The number of ether oxygens (including phenoxy) is 1. The third-order valence-corrected chi connectivity index (χ3v) is 9.57. The third kappa shape index (κ3) is 5.14. The molecule has 3 aromatic carbocycles. The average molecular weight is 670 g/mol. The van der Waals surface area contributed by atoms with Crippen molar-refractivity contribution in [1.82, 2.24) is 10.0 Å². The summed E-state index contributed by atoms with van der Waals surface area (Å²) >= 11 is 15.5. The number of nitrogens with zero attached hydrogens (tertiary/aromatic N) is 2. The number of carbonyl (C=O) groups is 5. The molecule has 0 radical (unpaired) electrons. The minimum Gasteiger partial charge on any atom is -0.423 e. The van der Waals surface area contributed by atoms with E-state index in [1.165, 1.54) is 42.5 Å². The predicted octanol–water partition coefficient (Wildman–Crippen LogP) is 6.25. The number of amides is 3. The molecule has 214 valence electrons. The number of hydrogen-bond donors (Lipinski definition) is 0. The van der Waals surface area contributed by atoms with E-state index in [0.29, 0.717) is 5.56 Å². The van der Waals surface area contributed by atoms with Crippen molar-refractivity contribution in [3.8, 4) is 5.75 Å². The molecular formula is C31H23BrCl2N2O6. The van der Waals surface area contributed by atoms with E-state index in [2.05, 4.69) is 15.9 Å². The summed E-state index contributed by atoms with van der Waals surface area (Å²) in [7, 11) is 0. The fraction of sp³-hybridized carbons (Fsp3) is 0.258. The molecule has 3 aromatic rings. The van der Waals surface area contributed by atoms with Crippen LogP contribution < -0.4 is 4.74 Å². The molecule has 42 heavy (non-hydrogen) atoms. The monoisotopic (exact) mass is 668 g/mol. The van der Waals surface area contributed by atoms with Crippen LogP contribution in [0.5, 0.6) is 5.75 Å². The van der Waals surface area contributed by atoms with Crippen molar-refractivity contribution >= 4 is 68.6 Å². The van der Waals surface area contributed by atoms with Crippen molar-refractivity contribution < 1.29 is 28.7 Å². The molecule has 0 N–H and O–H groups in total. The standard InChI is InChI=1S/C31H23BrCl2N2O6/c32-21-8-3-17(4-9-21)31(41)42-22-10-5-16(6-11-22)25(37)15-35(28(38)20-7-12-23(33)24(34)14-20)36-29(39)26-18-1-2-19(13-18)27(26)30(36)40/h3-12,14,18-19,26-27H,1-2,13,15H2/t18-,19-,26-,27+/m0/s1. The van der Waals surface area contributed by atoms with Crippen LogP contribution in [0.3, 0.4) is 0 Å². The van der Waals surface area contributed by atoms with Crippen molar-refractivity contribution in [2.24, 2.45) is 23.7 Å². The Kier molecular flexibility index (Phi) is 7.68. The molecule has 3 fully saturated rings. The highest BCUT2D eigenvalue weighted by atomic mass is 79.9. The van der Waals surface area contributed by atoms with Crippen LogP contribution in [0.15, 0.2) is 71.2 Å². The second-order valence-corrected chi connectivity index (χ2v) is 12.4. The average Bonchev–Trinajstić information content (AvgIpc) is 3.67. The first-order chi connectivity index (χ1) is 20.1. The number of halogens is 3. The van der Waals surface area contributed by atoms with Gasteiger partial charge in [0.15, 0.2) is 5.78 Å². The first-order valence-corrected chi connectivity index (χ1v) is 14.9. The summed E-state index contributed by atoms with van der Waals surface area (Å²) in [6.45, 7) is -0.566. The molecule has 1 heterocycles. The summed E-state index contributed by atoms with van der Waals surface area (Å²) in [6.07, 6.45) is 2.58. The van der Waals surface area contributed by atoms with Gasteiger partial charge < -0.3 is 4.74 Å². The Hall–Kier alpha value is -3.53. The van der Waals surface area contributed by atoms with Gasteiger partial charge in [-0.05, 0) is 97.8 Å². The largest absolute Gasteiger partial charge is 0.423 e. The van der Waals surface area contributed by atoms with E-state index in [-0.39, 0.29) is 38.8 Å². The molecule has 6 rings (SSSR count). The Bertz CT molecular complexity index is 1600. The van der Waals surface area contributed by atoms with Gasteiger partial charge in [0.2, 0.25) is 0 Å². The third-order valence-electron chi connectivity index (χ3n) is 8.31. The van der Waals surface area contributed by atoms with Crippen LogP contribution in [0.2, 0.25) is 10.0 Å². The van der Waals surface area contributed by atoms with Crippen molar-refractivity contribution in [1.29, 1.82) is 0 Å². The summed E-state index contributed by atoms with van der Waals surface area (Å²) in [4.78, 5) is 66.8. The molecule has 3 amide bonds. The molecule has 2 aliphatic carbocycles. The SMILES string of the molecule is O=C(CN(C(=O)c1ccc(Cl)c(Cl)c1)N1C(=O)[C@@H]2[C@H]3CC[C@@H](C3)[C@@H]2C1=O)c1ccc(OC(=O)c2ccc(Br)cc2)cc1. The lowest BCUT2D eigenvalue weighted by Crippen LogP contribution is -2.52. The Morgan fingerprint density at radius 2 is 1.38 bits per heavy atom. The van der Waals surface area contributed by atoms with Crippen LogP contribution in [-0.4, -0.2) is 46.0 Å². The van der Waals surface area contributed by atoms with Gasteiger partial charge in [-0.2, -0.15) is 5.01 Å². The van der Waals surface area contributed by atoms with Crippen molar-refractivity contribution in [3.63, 3.8) is 0 Å². The number of hydrazine groups is 1. The van der Waals surface area contributed by atoms with Crippen LogP contribution in [-0.2, 0) is 9.59 Å². The van der Waals surface area contributed by atoms with Crippen molar-refractivity contribution in [3.05, 3.63) is 97.9 Å². The Balaban J connectivity index is 1.24. The van der Waals surface area contributed by atoms with Gasteiger partial charge in [-0.3, -0.25) is 19.2 Å². The summed E-state index contributed by atoms with van der Waals surface area (Å²) in [5.41, 5.74) is 0.630. The van der Waals surface area contributed by atoms with Crippen LogP contribution in [0, 0.1) is 23.7 Å². The van der Waals surface area contributed by atoms with E-state index >= 15 is 0 Å². The van der Waals surface area contributed by atoms with Gasteiger partial charge in [0, 0.05) is 15.6 Å². The first-order valence-electron chi connectivity index (χ1n) is 13.4. The zero-order valence-corrected chi connectivity index (χ0v) is 25.1. The molecular weight excluding hydrogens is 647 g/mol. The predicted molar refractivity (Wildman–Crippen MR) is 157 cm³/mol. The van der Waals surface area contributed by atoms with E-state index < -0.39 is 47.9 Å². The smallest absolute Gasteiger partial charge is 0.343 e. The first kappa shape index (κ1) is 28.6. The molecule has 0 spiro atoms. The lowest BCUT2D eigenvalue weighted by molar-refractivity contribution is -0.155. The molecule has 4 atom stereocenters. The highest BCUT2D eigenvalue weighted by Crippen LogP contribution is 2.56. The van der Waals surface area contributed by atoms with E-state index in [9.17, 15) is 24.0 Å². The fourth-order valence-corrected chi connectivity index (χ4v) is 6.89. The molecule has 11 heteroatoms. The minimum absolute atomic E-state index is 0.0769. The number of Topliss-reactive ketones (excluding diaryl/α,β-unsaturated/α-hetero) is 1. The topological polar surface area (TPSA) is 101 Å². The number of hydrogen-bond acceptors (Lipinski definition) is 6. The van der Waals surface area contributed by atoms with Gasteiger partial charge in [0.05, 0.1) is 27.4 Å². The highest BCUT2D eigenvalue weighted by molar-refractivity contribution is 9.10. The minimum atomic E-state index is -0.726. The van der Waals surface area contributed by atoms with E-state index in [1.807, 2.05) is 0 Å². The normalized spacial score (nSPS) is 22.3. The zero-order chi connectivity index (χ0) is 29.7. The summed E-state index contributed by atoms with van der Waals surface area (Å²) in [5, 5.41) is 2.15. The molecule has 3 aliphatic rings. The van der Waals surface area contributed by atoms with Crippen molar-refractivity contribution in [2.75, 3.05) is 6.54 Å². The Labute approximate surface area is 259 Å². The fourth-order valence-electron chi connectivity index (χ4n) is 6.33. The quantitative estimate of drug-likeness (QED) is 0.128. The van der Waals surface area contributed by atoms with Crippen molar-refractivity contribution in [2.45, 2.75) is 19.3 Å². The van der Waals surface area contributed by atoms with Gasteiger partial charge in [-0.25, -0.2) is 9.80 Å². The van der Waals surface area contributed by atoms with Crippen LogP contribution in [0.1, 0.15) is 50.3 Å². The molecule has 8 nitrogen and oxygen atoms in total. The number of ketones is 1. The number of imide groups is 1. The molecule has 1 aliphatic heterocycles. The number of carbonyl (C=O) groups excluding carboxylic acids is 5. The maximum Gasteiger partial charge on any atom is 0.343 e. The summed E-state index contributed by atoms with van der Waals surface area (Å²) in [5.74, 6) is -3.24. The maximum atomic E-state index is 13.7. The van der Waals surface area contributed by atoms with Gasteiger partial charge in [-0.15, -0.1) is 0 Å². The molecule has 0 unspecified atom stereocenters. The van der Waals surface area contributed by atoms with E-state index in [1.54, 1.807) is 24.3 Å². The second kappa shape index (κ2) is 11.3. The second-order valence-electron chi connectivity index (χ2n) is 10.7. The van der Waals surface area contributed by atoms with E-state index in [4.69, 9.17) is 27.9 Å². The molecule has 2 saturated carbocycles. The number of fused-ring (bicyclic) bond motifs is 5. The Morgan fingerprint density at radius 3 is 1.98 bits per heavy atom. The van der Waals surface area contributed by atoms with Gasteiger partial charge >= 0.3 is 5.97 Å². The number of esters is 1. The van der Waals surface area contributed by atoms with Gasteiger partial charge in [0.25, 0.3) is 17.7 Å². The maximum absolute atomic E-state index is 13.7. The summed E-state index contributed by atoms with van der Waals surface area (Å²) < 4.78 is 6.22. The molecule has 0 aromatic heterocycles. The van der Waals surface area contributed by atoms with Gasteiger partial charge in [0.1, 0.15) is 12.3 Å². The summed E-state index contributed by atoms with van der Waals surface area (Å²) in [6, 6.07) is 16.7. The zero-order valence-electron chi connectivity index (χ0n) is 22.0. The number of benzene rings is 3. The van der Waals surface area contributed by atoms with Gasteiger partial charge in [-0.1, -0.05) is 39.1 Å². The van der Waals surface area contributed by atoms with E-state index in [0.717, 1.165) is 33.8 Å². The lowest BCUT2D eigenvalue weighted by Gasteiger charge is -2.31. The number of rotatable bonds is 7. The highest BCUT2D eigenvalue weighted by Gasteiger charge is 2.62. The van der Waals surface area contributed by atoms with Crippen LogP contribution >= 0.6 is 39.1 Å². The lowest BCUT2D eigenvalue weighted by atomic mass is 9.81. The van der Waals surface area contributed by atoms with Crippen LogP contribution in [0.25, 0.3) is 0 Å². The Morgan fingerprint density at radius 1 is 0.810 bits per heavy atom. The molecule has 1 saturated heterocycles.